The molecule has 4 rings (SSSR count). The number of nitrogens with one attached hydrogen (secondary N) is 1. The summed E-state index contributed by atoms with van der Waals surface area (Å²) < 4.78 is 0. The van der Waals surface area contributed by atoms with Gasteiger partial charge in [0, 0.05) is 47.6 Å². The highest BCUT2D eigenvalue weighted by Gasteiger charge is 2.16. The van der Waals surface area contributed by atoms with Crippen molar-refractivity contribution in [2.75, 3.05) is 18.0 Å². The van der Waals surface area contributed by atoms with Crippen molar-refractivity contribution in [3.05, 3.63) is 96.1 Å². The highest BCUT2D eigenvalue weighted by molar-refractivity contribution is 5.87. The lowest BCUT2D eigenvalue weighted by Crippen LogP contribution is -2.21. The molecule has 1 aromatic heterocycles. The normalized spacial score (nSPS) is 11.3. The molecule has 0 aliphatic heterocycles. The Morgan fingerprint density at radius 2 is 1.21 bits per heavy atom. The molecule has 3 aromatic carbocycles. The average molecular weight is 508 g/mol. The van der Waals surface area contributed by atoms with Crippen molar-refractivity contribution in [3.63, 3.8) is 0 Å². The minimum atomic E-state index is -0.998. The molecule has 7 nitrogen and oxygen atoms in total. The fraction of sp³-hybridized carbons (Fsp3) is 0.129. The molecule has 0 aliphatic carbocycles. The maximum atomic E-state index is 10.9. The van der Waals surface area contributed by atoms with E-state index >= 15 is 0 Å². The zero-order valence-electron chi connectivity index (χ0n) is 21.3. The van der Waals surface area contributed by atoms with Crippen molar-refractivity contribution in [2.45, 2.75) is 13.8 Å². The standard InChI is InChI=1S/C31H29N3O4/c1-3-34(4-2)26-17-15-25(16-18-26)31-32-29(23-11-5-21(6-12-23)9-19-27(35)36)30(33-31)24-13-7-22(8-14-24)10-20-28(37)38/h5-20H,3-4H2,1-2H3,(H,32,33)(H,35,36)(H,37,38). The molecule has 0 radical (unpaired) electrons. The summed E-state index contributed by atoms with van der Waals surface area (Å²) in [6.45, 7) is 6.13. The van der Waals surface area contributed by atoms with Gasteiger partial charge in [-0.05, 0) is 61.4 Å². The molecule has 0 saturated heterocycles. The number of hydrogen-bond acceptors (Lipinski definition) is 4. The van der Waals surface area contributed by atoms with E-state index in [9.17, 15) is 9.59 Å². The van der Waals surface area contributed by atoms with Gasteiger partial charge in [-0.1, -0.05) is 48.5 Å². The molecule has 4 aromatic rings. The van der Waals surface area contributed by atoms with Crippen LogP contribution in [0.5, 0.6) is 0 Å². The van der Waals surface area contributed by atoms with Gasteiger partial charge in [0.2, 0.25) is 0 Å². The molecule has 0 bridgehead atoms. The number of rotatable bonds is 10. The van der Waals surface area contributed by atoms with Crippen molar-refractivity contribution in [3.8, 4) is 33.9 Å². The van der Waals surface area contributed by atoms with Gasteiger partial charge < -0.3 is 20.1 Å². The number of aromatic amines is 1. The van der Waals surface area contributed by atoms with Gasteiger partial charge >= 0.3 is 11.9 Å². The second-order valence-electron chi connectivity index (χ2n) is 8.62. The van der Waals surface area contributed by atoms with E-state index < -0.39 is 11.9 Å². The molecule has 0 saturated carbocycles. The van der Waals surface area contributed by atoms with Crippen LogP contribution in [-0.2, 0) is 9.59 Å². The number of aromatic nitrogens is 2. The number of carbonyl (C=O) groups is 2. The molecule has 0 atom stereocenters. The van der Waals surface area contributed by atoms with Gasteiger partial charge in [0.25, 0.3) is 0 Å². The molecule has 0 fully saturated rings. The number of nitrogens with zero attached hydrogens (tertiary/aromatic N) is 2. The van der Waals surface area contributed by atoms with E-state index in [1.165, 1.54) is 0 Å². The quantitative estimate of drug-likeness (QED) is 0.213. The predicted molar refractivity (Wildman–Crippen MR) is 152 cm³/mol. The van der Waals surface area contributed by atoms with Gasteiger partial charge in [0.05, 0.1) is 11.4 Å². The lowest BCUT2D eigenvalue weighted by Gasteiger charge is -2.20. The Hall–Kier alpha value is -4.91. The SMILES string of the molecule is CCN(CC)c1ccc(-c2nc(-c3ccc(C=CC(=O)O)cc3)c(-c3ccc(C=CC(=O)O)cc3)[nH]2)cc1. The minimum absolute atomic E-state index is 0.728. The predicted octanol–water partition coefficient (Wildman–Crippen LogP) is 6.45. The third-order valence-corrected chi connectivity index (χ3v) is 6.19. The van der Waals surface area contributed by atoms with Crippen LogP contribution in [0.4, 0.5) is 5.69 Å². The molecule has 7 heteroatoms. The summed E-state index contributed by atoms with van der Waals surface area (Å²) in [5.74, 6) is -1.27. The molecule has 0 spiro atoms. The van der Waals surface area contributed by atoms with Gasteiger partial charge in [-0.25, -0.2) is 14.6 Å². The molecule has 0 amide bonds. The first-order chi connectivity index (χ1) is 18.4. The summed E-state index contributed by atoms with van der Waals surface area (Å²) >= 11 is 0. The minimum Gasteiger partial charge on any atom is -0.478 e. The Morgan fingerprint density at radius 1 is 0.737 bits per heavy atom. The number of anilines is 1. The summed E-state index contributed by atoms with van der Waals surface area (Å²) in [7, 11) is 0. The van der Waals surface area contributed by atoms with Crippen molar-refractivity contribution < 1.29 is 19.8 Å². The van der Waals surface area contributed by atoms with Crippen LogP contribution in [0, 0.1) is 0 Å². The van der Waals surface area contributed by atoms with Crippen molar-refractivity contribution in [1.29, 1.82) is 0 Å². The molecular formula is C31H29N3O4. The van der Waals surface area contributed by atoms with E-state index in [2.05, 4.69) is 48.0 Å². The number of benzene rings is 3. The Labute approximate surface area is 221 Å². The van der Waals surface area contributed by atoms with Crippen LogP contribution in [0.15, 0.2) is 84.9 Å². The Morgan fingerprint density at radius 3 is 1.68 bits per heavy atom. The third kappa shape index (κ3) is 6.25. The fourth-order valence-corrected chi connectivity index (χ4v) is 4.19. The van der Waals surface area contributed by atoms with Crippen LogP contribution in [0.1, 0.15) is 25.0 Å². The molecule has 192 valence electrons. The third-order valence-electron chi connectivity index (χ3n) is 6.19. The van der Waals surface area contributed by atoms with Crippen LogP contribution in [0.3, 0.4) is 0 Å². The van der Waals surface area contributed by atoms with Crippen molar-refractivity contribution in [1.82, 2.24) is 9.97 Å². The topological polar surface area (TPSA) is 107 Å². The fourth-order valence-electron chi connectivity index (χ4n) is 4.19. The van der Waals surface area contributed by atoms with E-state index in [4.69, 9.17) is 15.2 Å². The smallest absolute Gasteiger partial charge is 0.328 e. The maximum absolute atomic E-state index is 10.9. The maximum Gasteiger partial charge on any atom is 0.328 e. The van der Waals surface area contributed by atoms with Crippen LogP contribution >= 0.6 is 0 Å². The lowest BCUT2D eigenvalue weighted by atomic mass is 10.0. The number of H-pyrrole nitrogens is 1. The molecular weight excluding hydrogens is 478 g/mol. The molecule has 3 N–H and O–H groups in total. The average Bonchev–Trinajstić information content (AvgIpc) is 3.38. The summed E-state index contributed by atoms with van der Waals surface area (Å²) in [4.78, 5) is 32.4. The molecule has 0 unspecified atom stereocenters. The van der Waals surface area contributed by atoms with Gasteiger partial charge in [0.15, 0.2) is 0 Å². The zero-order chi connectivity index (χ0) is 27.1. The molecule has 1 heterocycles. The molecule has 38 heavy (non-hydrogen) atoms. The highest BCUT2D eigenvalue weighted by Crippen LogP contribution is 2.34. The first-order valence-electron chi connectivity index (χ1n) is 12.4. The van der Waals surface area contributed by atoms with Gasteiger partial charge in [-0.2, -0.15) is 0 Å². The highest BCUT2D eigenvalue weighted by atomic mass is 16.4. The largest absolute Gasteiger partial charge is 0.478 e. The van der Waals surface area contributed by atoms with Gasteiger partial charge in [-0.3, -0.25) is 0 Å². The first kappa shape index (κ1) is 26.2. The second kappa shape index (κ2) is 11.9. The molecule has 0 aliphatic rings. The van der Waals surface area contributed by atoms with E-state index in [1.807, 2.05) is 48.5 Å². The number of carboxylic acid groups (broad SMARTS) is 2. The van der Waals surface area contributed by atoms with Crippen molar-refractivity contribution in [2.24, 2.45) is 0 Å². The second-order valence-corrected chi connectivity index (χ2v) is 8.62. The number of carboxylic acids is 2. The van der Waals surface area contributed by atoms with Crippen LogP contribution in [0.2, 0.25) is 0 Å². The van der Waals surface area contributed by atoms with E-state index in [1.54, 1.807) is 12.2 Å². The number of imidazole rings is 1. The number of aliphatic carboxylic acids is 2. The zero-order valence-corrected chi connectivity index (χ0v) is 21.3. The summed E-state index contributed by atoms with van der Waals surface area (Å²) in [6.07, 6.45) is 5.31. The monoisotopic (exact) mass is 507 g/mol. The van der Waals surface area contributed by atoms with Gasteiger partial charge in [-0.15, -0.1) is 0 Å². The lowest BCUT2D eigenvalue weighted by molar-refractivity contribution is -0.132. The summed E-state index contributed by atoms with van der Waals surface area (Å²) in [5, 5.41) is 17.8. The Bertz CT molecular complexity index is 1380. The number of hydrogen-bond donors (Lipinski definition) is 3. The summed E-state index contributed by atoms with van der Waals surface area (Å²) in [5.41, 5.74) is 7.03. The first-order valence-corrected chi connectivity index (χ1v) is 12.4. The van der Waals surface area contributed by atoms with E-state index in [0.29, 0.717) is 0 Å². The Kier molecular flexibility index (Phi) is 8.18. The van der Waals surface area contributed by atoms with Crippen LogP contribution in [-0.4, -0.2) is 45.2 Å². The van der Waals surface area contributed by atoms with Gasteiger partial charge in [0.1, 0.15) is 5.82 Å². The summed E-state index contributed by atoms with van der Waals surface area (Å²) in [6, 6.07) is 23.4. The Balaban J connectivity index is 1.74. The van der Waals surface area contributed by atoms with Crippen LogP contribution < -0.4 is 4.90 Å². The van der Waals surface area contributed by atoms with Crippen molar-refractivity contribution >= 4 is 29.8 Å². The van der Waals surface area contributed by atoms with E-state index in [0.717, 1.165) is 76.0 Å². The van der Waals surface area contributed by atoms with Crippen LogP contribution in [0.25, 0.3) is 46.1 Å². The van der Waals surface area contributed by atoms with E-state index in [-0.39, 0.29) is 0 Å².